The van der Waals surface area contributed by atoms with Gasteiger partial charge in [-0.2, -0.15) is 4.98 Å². The molecule has 0 saturated heterocycles. The van der Waals surface area contributed by atoms with E-state index < -0.39 is 0 Å². The molecule has 0 radical (unpaired) electrons. The summed E-state index contributed by atoms with van der Waals surface area (Å²) in [4.78, 5) is 7.92. The van der Waals surface area contributed by atoms with Gasteiger partial charge in [0.25, 0.3) is 0 Å². The van der Waals surface area contributed by atoms with E-state index in [1.54, 1.807) is 6.20 Å². The summed E-state index contributed by atoms with van der Waals surface area (Å²) < 4.78 is 0. The third-order valence-electron chi connectivity index (χ3n) is 3.77. The number of anilines is 2. The standard InChI is InChI=1S/C13H21ClN4/c1-9-2-4-10(5-3-9)6-7-16-12-11(15)8-17-13(14)18-12/h8-10H,2-7,15H2,1H3,(H,16,17,18). The van der Waals surface area contributed by atoms with Gasteiger partial charge in [0.15, 0.2) is 5.82 Å². The zero-order valence-corrected chi connectivity index (χ0v) is 11.6. The number of hydrogen-bond acceptors (Lipinski definition) is 4. The van der Waals surface area contributed by atoms with Crippen molar-refractivity contribution in [3.05, 3.63) is 11.5 Å². The number of nitrogen functional groups attached to an aromatic ring is 1. The topological polar surface area (TPSA) is 63.8 Å². The third kappa shape index (κ3) is 3.73. The molecule has 1 aromatic rings. The Bertz CT molecular complexity index is 389. The molecule has 0 aliphatic heterocycles. The van der Waals surface area contributed by atoms with Gasteiger partial charge >= 0.3 is 0 Å². The van der Waals surface area contributed by atoms with Crippen molar-refractivity contribution in [1.29, 1.82) is 0 Å². The summed E-state index contributed by atoms with van der Waals surface area (Å²) in [5, 5.41) is 3.49. The van der Waals surface area contributed by atoms with Crippen molar-refractivity contribution in [2.75, 3.05) is 17.6 Å². The van der Waals surface area contributed by atoms with Crippen LogP contribution in [-0.4, -0.2) is 16.5 Å². The second kappa shape index (κ2) is 6.23. The van der Waals surface area contributed by atoms with Gasteiger partial charge in [-0.15, -0.1) is 0 Å². The molecule has 1 saturated carbocycles. The Hall–Kier alpha value is -1.03. The Morgan fingerprint density at radius 3 is 2.83 bits per heavy atom. The summed E-state index contributed by atoms with van der Waals surface area (Å²) in [6.45, 7) is 3.24. The molecule has 1 aliphatic carbocycles. The average Bonchev–Trinajstić information content (AvgIpc) is 2.36. The summed E-state index contributed by atoms with van der Waals surface area (Å²) in [7, 11) is 0. The van der Waals surface area contributed by atoms with Crippen molar-refractivity contribution in [1.82, 2.24) is 9.97 Å². The molecular weight excluding hydrogens is 248 g/mol. The maximum Gasteiger partial charge on any atom is 0.224 e. The van der Waals surface area contributed by atoms with E-state index in [2.05, 4.69) is 22.2 Å². The van der Waals surface area contributed by atoms with Crippen molar-refractivity contribution >= 4 is 23.1 Å². The molecule has 18 heavy (non-hydrogen) atoms. The summed E-state index contributed by atoms with van der Waals surface area (Å²) in [6, 6.07) is 0. The van der Waals surface area contributed by atoms with Crippen LogP contribution in [0.2, 0.25) is 5.28 Å². The Morgan fingerprint density at radius 1 is 1.39 bits per heavy atom. The first kappa shape index (κ1) is 13.4. The van der Waals surface area contributed by atoms with Crippen LogP contribution < -0.4 is 11.1 Å². The highest BCUT2D eigenvalue weighted by atomic mass is 35.5. The molecule has 1 aromatic heterocycles. The lowest BCUT2D eigenvalue weighted by atomic mass is 9.81. The zero-order valence-electron chi connectivity index (χ0n) is 10.8. The minimum Gasteiger partial charge on any atom is -0.394 e. The molecule has 0 unspecified atom stereocenters. The predicted octanol–water partition coefficient (Wildman–Crippen LogP) is 3.34. The van der Waals surface area contributed by atoms with Crippen molar-refractivity contribution in [3.63, 3.8) is 0 Å². The van der Waals surface area contributed by atoms with Crippen LogP contribution in [0.1, 0.15) is 39.0 Å². The summed E-state index contributed by atoms with van der Waals surface area (Å²) in [6.07, 6.45) is 8.15. The highest BCUT2D eigenvalue weighted by molar-refractivity contribution is 6.28. The highest BCUT2D eigenvalue weighted by Gasteiger charge is 2.17. The van der Waals surface area contributed by atoms with E-state index in [1.807, 2.05) is 0 Å². The SMILES string of the molecule is CC1CCC(CCNc2nc(Cl)ncc2N)CC1. The minimum atomic E-state index is 0.234. The molecule has 100 valence electrons. The molecule has 5 heteroatoms. The van der Waals surface area contributed by atoms with Crippen molar-refractivity contribution in [3.8, 4) is 0 Å². The van der Waals surface area contributed by atoms with Crippen LogP contribution in [0.25, 0.3) is 0 Å². The number of nitrogens with one attached hydrogen (secondary N) is 1. The molecule has 0 spiro atoms. The van der Waals surface area contributed by atoms with Crippen LogP contribution in [0.3, 0.4) is 0 Å². The fourth-order valence-electron chi connectivity index (χ4n) is 2.52. The predicted molar refractivity (Wildman–Crippen MR) is 75.7 cm³/mol. The molecule has 1 aliphatic rings. The maximum atomic E-state index is 5.78. The van der Waals surface area contributed by atoms with E-state index in [9.17, 15) is 0 Å². The van der Waals surface area contributed by atoms with Crippen molar-refractivity contribution in [2.24, 2.45) is 11.8 Å². The van der Waals surface area contributed by atoms with Gasteiger partial charge in [-0.1, -0.05) is 32.6 Å². The first-order chi connectivity index (χ1) is 8.65. The molecule has 1 heterocycles. The summed E-state index contributed by atoms with van der Waals surface area (Å²) >= 11 is 5.74. The first-order valence-electron chi connectivity index (χ1n) is 6.67. The van der Waals surface area contributed by atoms with Crippen LogP contribution in [0, 0.1) is 11.8 Å². The minimum absolute atomic E-state index is 0.234. The first-order valence-corrected chi connectivity index (χ1v) is 7.05. The van der Waals surface area contributed by atoms with Crippen LogP contribution in [0.5, 0.6) is 0 Å². The van der Waals surface area contributed by atoms with Gasteiger partial charge < -0.3 is 11.1 Å². The largest absolute Gasteiger partial charge is 0.394 e. The van der Waals surface area contributed by atoms with E-state index in [1.165, 1.54) is 32.1 Å². The van der Waals surface area contributed by atoms with E-state index >= 15 is 0 Å². The molecular formula is C13H21ClN4. The van der Waals surface area contributed by atoms with E-state index in [0.717, 1.165) is 18.4 Å². The molecule has 3 N–H and O–H groups in total. The Balaban J connectivity index is 1.76. The molecule has 0 amide bonds. The van der Waals surface area contributed by atoms with Gasteiger partial charge in [0, 0.05) is 6.54 Å². The highest BCUT2D eigenvalue weighted by Crippen LogP contribution is 2.30. The quantitative estimate of drug-likeness (QED) is 0.822. The lowest BCUT2D eigenvalue weighted by molar-refractivity contribution is 0.282. The lowest BCUT2D eigenvalue weighted by Gasteiger charge is -2.26. The van der Waals surface area contributed by atoms with Crippen LogP contribution in [-0.2, 0) is 0 Å². The number of nitrogens with zero attached hydrogens (tertiary/aromatic N) is 2. The molecule has 0 bridgehead atoms. The van der Waals surface area contributed by atoms with Gasteiger partial charge in [-0.05, 0) is 29.9 Å². The monoisotopic (exact) mass is 268 g/mol. The second-order valence-corrected chi connectivity index (χ2v) is 5.62. The molecule has 2 rings (SSSR count). The van der Waals surface area contributed by atoms with Crippen molar-refractivity contribution < 1.29 is 0 Å². The lowest BCUT2D eigenvalue weighted by Crippen LogP contribution is -2.16. The fraction of sp³-hybridized carbons (Fsp3) is 0.692. The van der Waals surface area contributed by atoms with Gasteiger partial charge in [-0.25, -0.2) is 4.98 Å². The molecule has 1 fully saturated rings. The second-order valence-electron chi connectivity index (χ2n) is 5.28. The van der Waals surface area contributed by atoms with Crippen molar-refractivity contribution in [2.45, 2.75) is 39.0 Å². The molecule has 0 atom stereocenters. The Labute approximate surface area is 113 Å². The number of aromatic nitrogens is 2. The van der Waals surface area contributed by atoms with Crippen LogP contribution in [0.4, 0.5) is 11.5 Å². The van der Waals surface area contributed by atoms with E-state index in [4.69, 9.17) is 17.3 Å². The van der Waals surface area contributed by atoms with E-state index in [0.29, 0.717) is 11.5 Å². The number of rotatable bonds is 4. The van der Waals surface area contributed by atoms with Gasteiger partial charge in [0.05, 0.1) is 11.9 Å². The molecule has 0 aromatic carbocycles. The van der Waals surface area contributed by atoms with Crippen LogP contribution in [0.15, 0.2) is 6.20 Å². The maximum absolute atomic E-state index is 5.78. The average molecular weight is 269 g/mol. The third-order valence-corrected chi connectivity index (χ3v) is 3.95. The molecule has 4 nitrogen and oxygen atoms in total. The van der Waals surface area contributed by atoms with Crippen LogP contribution >= 0.6 is 11.6 Å². The van der Waals surface area contributed by atoms with Gasteiger partial charge in [0.2, 0.25) is 5.28 Å². The summed E-state index contributed by atoms with van der Waals surface area (Å²) in [5.41, 5.74) is 6.33. The zero-order chi connectivity index (χ0) is 13.0. The smallest absolute Gasteiger partial charge is 0.224 e. The number of hydrogen-bond donors (Lipinski definition) is 2. The van der Waals surface area contributed by atoms with E-state index in [-0.39, 0.29) is 5.28 Å². The van der Waals surface area contributed by atoms with Gasteiger partial charge in [-0.3, -0.25) is 0 Å². The Kier molecular flexibility index (Phi) is 4.64. The van der Waals surface area contributed by atoms with Gasteiger partial charge in [0.1, 0.15) is 0 Å². The fourth-order valence-corrected chi connectivity index (χ4v) is 2.66. The normalized spacial score (nSPS) is 23.9. The summed E-state index contributed by atoms with van der Waals surface area (Å²) in [5.74, 6) is 2.40. The number of halogens is 1. The Morgan fingerprint density at radius 2 is 2.11 bits per heavy atom. The number of nitrogens with two attached hydrogens (primary N) is 1.